The molecular weight excluding hydrogens is 246 g/mol. The summed E-state index contributed by atoms with van der Waals surface area (Å²) in [6.07, 6.45) is -1.14. The lowest BCUT2D eigenvalue weighted by molar-refractivity contribution is 0.0140. The van der Waals surface area contributed by atoms with E-state index in [1.165, 1.54) is 0 Å². The molecular formula is C14H23NO4. The first-order valence-corrected chi connectivity index (χ1v) is 6.41. The summed E-state index contributed by atoms with van der Waals surface area (Å²) >= 11 is 0. The van der Waals surface area contributed by atoms with Gasteiger partial charge >= 0.3 is 0 Å². The summed E-state index contributed by atoms with van der Waals surface area (Å²) in [5, 5.41) is 22.7. The van der Waals surface area contributed by atoms with Crippen molar-refractivity contribution in [2.24, 2.45) is 0 Å². The number of hydrogen-bond acceptors (Lipinski definition) is 5. The van der Waals surface area contributed by atoms with E-state index >= 15 is 0 Å². The first-order chi connectivity index (χ1) is 9.19. The lowest BCUT2D eigenvalue weighted by Crippen LogP contribution is -2.23. The molecule has 0 saturated carbocycles. The van der Waals surface area contributed by atoms with E-state index in [0.29, 0.717) is 31.7 Å². The highest BCUT2D eigenvalue weighted by Gasteiger charge is 2.17. The van der Waals surface area contributed by atoms with E-state index in [9.17, 15) is 10.2 Å². The van der Waals surface area contributed by atoms with Crippen LogP contribution in [0.3, 0.4) is 0 Å². The molecule has 0 spiro atoms. The number of aliphatic hydroxyl groups is 2. The molecule has 0 bridgehead atoms. The van der Waals surface area contributed by atoms with Crippen LogP contribution in [0.1, 0.15) is 18.1 Å². The van der Waals surface area contributed by atoms with Crippen LogP contribution < -0.4 is 10.1 Å². The third kappa shape index (κ3) is 5.57. The molecule has 1 aromatic carbocycles. The topological polar surface area (TPSA) is 71.0 Å². The largest absolute Gasteiger partial charge is 0.491 e. The van der Waals surface area contributed by atoms with Crippen LogP contribution in [-0.4, -0.2) is 50.2 Å². The van der Waals surface area contributed by atoms with Gasteiger partial charge in [0.1, 0.15) is 18.5 Å². The molecule has 0 aliphatic heterocycles. The Morgan fingerprint density at radius 3 is 2.42 bits per heavy atom. The zero-order chi connectivity index (χ0) is 14.1. The Morgan fingerprint density at radius 2 is 1.84 bits per heavy atom. The Kier molecular flexibility index (Phi) is 7.43. The first-order valence-electron chi connectivity index (χ1n) is 6.41. The molecule has 0 radical (unpaired) electrons. The molecule has 108 valence electrons. The Morgan fingerprint density at radius 1 is 1.16 bits per heavy atom. The molecule has 1 rings (SSSR count). The molecule has 2 atom stereocenters. The fourth-order valence-electron chi connectivity index (χ4n) is 1.68. The van der Waals surface area contributed by atoms with Gasteiger partial charge in [0, 0.05) is 7.11 Å². The summed E-state index contributed by atoms with van der Waals surface area (Å²) in [7, 11) is 3.43. The van der Waals surface area contributed by atoms with Crippen LogP contribution in [0, 0.1) is 0 Å². The average Bonchev–Trinajstić information content (AvgIpc) is 2.45. The minimum Gasteiger partial charge on any atom is -0.491 e. The quantitative estimate of drug-likeness (QED) is 0.576. The number of methoxy groups -OCH3 is 1. The van der Waals surface area contributed by atoms with E-state index in [4.69, 9.17) is 9.47 Å². The lowest BCUT2D eigenvalue weighted by Gasteiger charge is -2.18. The van der Waals surface area contributed by atoms with Crippen molar-refractivity contribution < 1.29 is 19.7 Å². The normalized spacial score (nSPS) is 14.1. The van der Waals surface area contributed by atoms with Crippen molar-refractivity contribution >= 4 is 0 Å². The van der Waals surface area contributed by atoms with Gasteiger partial charge in [-0.3, -0.25) is 0 Å². The number of benzene rings is 1. The Labute approximate surface area is 114 Å². The molecule has 5 nitrogen and oxygen atoms in total. The van der Waals surface area contributed by atoms with Crippen LogP contribution in [0.25, 0.3) is 0 Å². The Bertz CT molecular complexity index is 342. The van der Waals surface area contributed by atoms with Gasteiger partial charge in [-0.25, -0.2) is 0 Å². The summed E-state index contributed by atoms with van der Waals surface area (Å²) < 4.78 is 10.3. The van der Waals surface area contributed by atoms with Crippen LogP contribution in [0.2, 0.25) is 0 Å². The summed E-state index contributed by atoms with van der Waals surface area (Å²) in [5.41, 5.74) is 0.683. The second kappa shape index (κ2) is 8.87. The van der Waals surface area contributed by atoms with E-state index in [0.717, 1.165) is 5.75 Å². The van der Waals surface area contributed by atoms with Gasteiger partial charge in [-0.15, -0.1) is 0 Å². The number of aliphatic hydroxyl groups excluding tert-OH is 2. The summed E-state index contributed by atoms with van der Waals surface area (Å²) in [4.78, 5) is 0. The fraction of sp³-hybridized carbons (Fsp3) is 0.571. The van der Waals surface area contributed by atoms with Crippen LogP contribution in [0.4, 0.5) is 0 Å². The molecule has 19 heavy (non-hydrogen) atoms. The van der Waals surface area contributed by atoms with Crippen LogP contribution in [0.5, 0.6) is 5.75 Å². The predicted molar refractivity (Wildman–Crippen MR) is 73.3 cm³/mol. The van der Waals surface area contributed by atoms with Crippen molar-refractivity contribution in [3.05, 3.63) is 29.8 Å². The minimum absolute atomic E-state index is 0.489. The molecule has 5 heteroatoms. The van der Waals surface area contributed by atoms with Crippen molar-refractivity contribution in [1.82, 2.24) is 5.32 Å². The zero-order valence-corrected chi connectivity index (χ0v) is 11.5. The molecule has 0 aliphatic carbocycles. The maximum Gasteiger partial charge on any atom is 0.119 e. The summed E-state index contributed by atoms with van der Waals surface area (Å²) in [6.45, 7) is 1.69. The molecule has 1 aromatic rings. The van der Waals surface area contributed by atoms with E-state index in [2.05, 4.69) is 5.32 Å². The third-order valence-corrected chi connectivity index (χ3v) is 2.83. The van der Waals surface area contributed by atoms with Crippen molar-refractivity contribution in [2.75, 3.05) is 33.9 Å². The highest BCUT2D eigenvalue weighted by Crippen LogP contribution is 2.21. The van der Waals surface area contributed by atoms with Gasteiger partial charge in [0.05, 0.1) is 12.7 Å². The van der Waals surface area contributed by atoms with Crippen LogP contribution >= 0.6 is 0 Å². The van der Waals surface area contributed by atoms with E-state index in [-0.39, 0.29) is 0 Å². The van der Waals surface area contributed by atoms with Crippen LogP contribution in [0.15, 0.2) is 24.3 Å². The van der Waals surface area contributed by atoms with Gasteiger partial charge in [0.25, 0.3) is 0 Å². The van der Waals surface area contributed by atoms with Gasteiger partial charge in [-0.05, 0) is 37.7 Å². The van der Waals surface area contributed by atoms with Gasteiger partial charge in [0.2, 0.25) is 0 Å². The van der Waals surface area contributed by atoms with Crippen molar-refractivity contribution in [3.8, 4) is 5.75 Å². The molecule has 0 aromatic heterocycles. The van der Waals surface area contributed by atoms with Gasteiger partial charge in [0.15, 0.2) is 0 Å². The van der Waals surface area contributed by atoms with Gasteiger partial charge < -0.3 is 25.0 Å². The lowest BCUT2D eigenvalue weighted by atomic mass is 10.0. The Hall–Kier alpha value is -1.14. The molecule has 2 unspecified atom stereocenters. The second-order valence-electron chi connectivity index (χ2n) is 4.31. The minimum atomic E-state index is -0.874. The Balaban J connectivity index is 2.50. The van der Waals surface area contributed by atoms with Crippen molar-refractivity contribution in [3.63, 3.8) is 0 Å². The summed E-state index contributed by atoms with van der Waals surface area (Å²) in [5.74, 6) is 0.720. The molecule has 0 amide bonds. The standard InChI is InChI=1S/C14H23NO4/c1-15-8-7-13(16)14(17)11-3-5-12(6-4-11)19-10-9-18-2/h3-6,13-17H,7-10H2,1-2H3. The predicted octanol–water partition coefficient (Wildman–Crippen LogP) is 0.716. The van der Waals surface area contributed by atoms with Crippen molar-refractivity contribution in [2.45, 2.75) is 18.6 Å². The zero-order valence-electron chi connectivity index (χ0n) is 11.5. The smallest absolute Gasteiger partial charge is 0.119 e. The number of ether oxygens (including phenoxy) is 2. The van der Waals surface area contributed by atoms with Gasteiger partial charge in [-0.2, -0.15) is 0 Å². The molecule has 3 N–H and O–H groups in total. The molecule has 0 saturated heterocycles. The number of hydrogen-bond donors (Lipinski definition) is 3. The number of nitrogens with one attached hydrogen (secondary N) is 1. The highest BCUT2D eigenvalue weighted by atomic mass is 16.5. The summed E-state index contributed by atoms with van der Waals surface area (Å²) in [6, 6.07) is 7.07. The van der Waals surface area contributed by atoms with E-state index in [1.54, 1.807) is 31.4 Å². The van der Waals surface area contributed by atoms with Gasteiger partial charge in [-0.1, -0.05) is 12.1 Å². The maximum absolute atomic E-state index is 9.98. The maximum atomic E-state index is 9.98. The molecule has 0 heterocycles. The third-order valence-electron chi connectivity index (χ3n) is 2.83. The van der Waals surface area contributed by atoms with E-state index < -0.39 is 12.2 Å². The highest BCUT2D eigenvalue weighted by molar-refractivity contribution is 5.29. The van der Waals surface area contributed by atoms with Crippen molar-refractivity contribution in [1.29, 1.82) is 0 Å². The molecule has 0 aliphatic rings. The monoisotopic (exact) mass is 269 g/mol. The van der Waals surface area contributed by atoms with E-state index in [1.807, 2.05) is 7.05 Å². The molecule has 0 fully saturated rings. The SMILES string of the molecule is CNCCC(O)C(O)c1ccc(OCCOC)cc1. The second-order valence-corrected chi connectivity index (χ2v) is 4.31. The van der Waals surface area contributed by atoms with Crippen LogP contribution in [-0.2, 0) is 4.74 Å². The average molecular weight is 269 g/mol. The first kappa shape index (κ1) is 15.9. The fourth-order valence-corrected chi connectivity index (χ4v) is 1.68. The number of rotatable bonds is 9.